The van der Waals surface area contributed by atoms with Crippen molar-refractivity contribution in [2.24, 2.45) is 11.3 Å². The van der Waals surface area contributed by atoms with E-state index in [4.69, 9.17) is 4.74 Å². The van der Waals surface area contributed by atoms with Crippen LogP contribution in [0.15, 0.2) is 0 Å². The molecule has 0 aromatic heterocycles. The van der Waals surface area contributed by atoms with Crippen molar-refractivity contribution in [1.29, 1.82) is 0 Å². The number of hydrogen-bond donors (Lipinski definition) is 1. The molecule has 0 bridgehead atoms. The third-order valence-corrected chi connectivity index (χ3v) is 3.06. The van der Waals surface area contributed by atoms with Gasteiger partial charge in [-0.3, -0.25) is 0 Å². The van der Waals surface area contributed by atoms with Gasteiger partial charge < -0.3 is 10.1 Å². The summed E-state index contributed by atoms with van der Waals surface area (Å²) in [6.07, 6.45) is 4.23. The highest BCUT2D eigenvalue weighted by Crippen LogP contribution is 2.39. The molecule has 0 amide bonds. The van der Waals surface area contributed by atoms with E-state index in [0.29, 0.717) is 11.3 Å². The Morgan fingerprint density at radius 2 is 2.15 bits per heavy atom. The van der Waals surface area contributed by atoms with Gasteiger partial charge in [0.2, 0.25) is 0 Å². The molecule has 0 saturated heterocycles. The van der Waals surface area contributed by atoms with Crippen LogP contribution >= 0.6 is 0 Å². The standard InChI is InChI=1S/C11H23NO/c1-10(8-13-3)7-12-9-11(2)5-4-6-11/h10,12H,4-9H2,1-3H3. The summed E-state index contributed by atoms with van der Waals surface area (Å²) in [7, 11) is 1.77. The Labute approximate surface area is 82.0 Å². The van der Waals surface area contributed by atoms with Gasteiger partial charge in [0.1, 0.15) is 0 Å². The minimum Gasteiger partial charge on any atom is -0.384 e. The van der Waals surface area contributed by atoms with Gasteiger partial charge in [-0.15, -0.1) is 0 Å². The lowest BCUT2D eigenvalue weighted by Gasteiger charge is -2.38. The first kappa shape index (κ1) is 11.0. The Bertz CT molecular complexity index is 143. The van der Waals surface area contributed by atoms with Crippen molar-refractivity contribution in [2.45, 2.75) is 33.1 Å². The zero-order chi connectivity index (χ0) is 9.73. The average molecular weight is 185 g/mol. The van der Waals surface area contributed by atoms with Crippen LogP contribution in [0.25, 0.3) is 0 Å². The van der Waals surface area contributed by atoms with Crippen molar-refractivity contribution in [1.82, 2.24) is 5.32 Å². The Morgan fingerprint density at radius 3 is 2.62 bits per heavy atom. The first-order valence-electron chi connectivity index (χ1n) is 5.36. The Kier molecular flexibility index (Phi) is 4.20. The van der Waals surface area contributed by atoms with Crippen LogP contribution in [-0.2, 0) is 4.74 Å². The lowest BCUT2D eigenvalue weighted by molar-refractivity contribution is 0.137. The smallest absolute Gasteiger partial charge is 0.0499 e. The second-order valence-corrected chi connectivity index (χ2v) is 4.86. The molecule has 2 heteroatoms. The van der Waals surface area contributed by atoms with E-state index in [9.17, 15) is 0 Å². The van der Waals surface area contributed by atoms with E-state index < -0.39 is 0 Å². The van der Waals surface area contributed by atoms with Gasteiger partial charge in [-0.05, 0) is 30.7 Å². The molecule has 0 heterocycles. The fourth-order valence-corrected chi connectivity index (χ4v) is 1.92. The summed E-state index contributed by atoms with van der Waals surface area (Å²) in [6.45, 7) is 7.73. The van der Waals surface area contributed by atoms with Gasteiger partial charge in [0.05, 0.1) is 0 Å². The number of methoxy groups -OCH3 is 1. The molecule has 1 aliphatic carbocycles. The highest BCUT2D eigenvalue weighted by Gasteiger charge is 2.30. The van der Waals surface area contributed by atoms with Gasteiger partial charge in [-0.2, -0.15) is 0 Å². The van der Waals surface area contributed by atoms with Crippen molar-refractivity contribution in [3.8, 4) is 0 Å². The number of ether oxygens (including phenoxy) is 1. The summed E-state index contributed by atoms with van der Waals surface area (Å²) in [4.78, 5) is 0. The first-order chi connectivity index (χ1) is 6.16. The maximum Gasteiger partial charge on any atom is 0.0499 e. The molecule has 1 aliphatic rings. The maximum atomic E-state index is 5.09. The zero-order valence-electron chi connectivity index (χ0n) is 9.23. The predicted molar refractivity (Wildman–Crippen MR) is 55.9 cm³/mol. The second-order valence-electron chi connectivity index (χ2n) is 4.86. The average Bonchev–Trinajstić information content (AvgIpc) is 2.02. The summed E-state index contributed by atoms with van der Waals surface area (Å²) in [5.74, 6) is 0.633. The number of nitrogens with one attached hydrogen (secondary N) is 1. The van der Waals surface area contributed by atoms with Crippen LogP contribution < -0.4 is 5.32 Å². The van der Waals surface area contributed by atoms with E-state index in [1.54, 1.807) is 7.11 Å². The monoisotopic (exact) mass is 185 g/mol. The first-order valence-corrected chi connectivity index (χ1v) is 5.36. The zero-order valence-corrected chi connectivity index (χ0v) is 9.23. The van der Waals surface area contributed by atoms with Crippen LogP contribution in [0.2, 0.25) is 0 Å². The summed E-state index contributed by atoms with van der Waals surface area (Å²) in [6, 6.07) is 0. The van der Waals surface area contributed by atoms with Gasteiger partial charge in [0.15, 0.2) is 0 Å². The molecule has 0 aliphatic heterocycles. The van der Waals surface area contributed by atoms with E-state index in [1.165, 1.54) is 25.8 Å². The molecule has 0 spiro atoms. The summed E-state index contributed by atoms with van der Waals surface area (Å²) >= 11 is 0. The van der Waals surface area contributed by atoms with E-state index >= 15 is 0 Å². The Hall–Kier alpha value is -0.0800. The fraction of sp³-hybridized carbons (Fsp3) is 1.00. The molecule has 78 valence electrons. The minimum absolute atomic E-state index is 0.604. The lowest BCUT2D eigenvalue weighted by atomic mass is 9.70. The highest BCUT2D eigenvalue weighted by atomic mass is 16.5. The molecule has 0 aromatic carbocycles. The molecule has 0 aromatic rings. The predicted octanol–water partition coefficient (Wildman–Crippen LogP) is 2.05. The van der Waals surface area contributed by atoms with Crippen molar-refractivity contribution in [2.75, 3.05) is 26.8 Å². The Balaban J connectivity index is 1.99. The van der Waals surface area contributed by atoms with E-state index in [2.05, 4.69) is 19.2 Å². The SMILES string of the molecule is COCC(C)CNCC1(C)CCC1. The van der Waals surface area contributed by atoms with Crippen LogP contribution in [0, 0.1) is 11.3 Å². The molecule has 1 atom stereocenters. The maximum absolute atomic E-state index is 5.09. The van der Waals surface area contributed by atoms with Gasteiger partial charge in [-0.1, -0.05) is 20.3 Å². The van der Waals surface area contributed by atoms with Gasteiger partial charge in [0, 0.05) is 20.3 Å². The largest absolute Gasteiger partial charge is 0.384 e. The molecular formula is C11H23NO. The molecule has 1 fully saturated rings. The molecule has 13 heavy (non-hydrogen) atoms. The van der Waals surface area contributed by atoms with Crippen molar-refractivity contribution < 1.29 is 4.74 Å². The minimum atomic E-state index is 0.604. The lowest BCUT2D eigenvalue weighted by Crippen LogP contribution is -2.39. The summed E-state index contributed by atoms with van der Waals surface area (Å²) < 4.78 is 5.09. The van der Waals surface area contributed by atoms with Crippen LogP contribution in [0.5, 0.6) is 0 Å². The summed E-state index contributed by atoms with van der Waals surface area (Å²) in [5, 5.41) is 3.53. The molecule has 1 N–H and O–H groups in total. The van der Waals surface area contributed by atoms with E-state index in [1.807, 2.05) is 0 Å². The molecular weight excluding hydrogens is 162 g/mol. The molecule has 1 rings (SSSR count). The van der Waals surface area contributed by atoms with Crippen molar-refractivity contribution in [3.63, 3.8) is 0 Å². The highest BCUT2D eigenvalue weighted by molar-refractivity contribution is 4.85. The number of hydrogen-bond acceptors (Lipinski definition) is 2. The van der Waals surface area contributed by atoms with Crippen molar-refractivity contribution >= 4 is 0 Å². The Morgan fingerprint density at radius 1 is 1.46 bits per heavy atom. The molecule has 2 nitrogen and oxygen atoms in total. The topological polar surface area (TPSA) is 21.3 Å². The van der Waals surface area contributed by atoms with Crippen LogP contribution in [0.3, 0.4) is 0 Å². The van der Waals surface area contributed by atoms with Crippen LogP contribution in [0.4, 0.5) is 0 Å². The molecule has 1 saturated carbocycles. The fourth-order valence-electron chi connectivity index (χ4n) is 1.92. The molecule has 0 radical (unpaired) electrons. The van der Waals surface area contributed by atoms with Gasteiger partial charge in [0.25, 0.3) is 0 Å². The van der Waals surface area contributed by atoms with Gasteiger partial charge >= 0.3 is 0 Å². The molecule has 1 unspecified atom stereocenters. The third-order valence-electron chi connectivity index (χ3n) is 3.06. The van der Waals surface area contributed by atoms with Crippen LogP contribution in [0.1, 0.15) is 33.1 Å². The van der Waals surface area contributed by atoms with Crippen molar-refractivity contribution in [3.05, 3.63) is 0 Å². The third kappa shape index (κ3) is 3.65. The number of rotatable bonds is 6. The second kappa shape index (κ2) is 4.97. The van der Waals surface area contributed by atoms with Crippen LogP contribution in [-0.4, -0.2) is 26.8 Å². The quantitative estimate of drug-likeness (QED) is 0.684. The van der Waals surface area contributed by atoms with Gasteiger partial charge in [-0.25, -0.2) is 0 Å². The summed E-state index contributed by atoms with van der Waals surface area (Å²) in [5.41, 5.74) is 0.604. The van der Waals surface area contributed by atoms with E-state index in [0.717, 1.165) is 13.2 Å². The van der Waals surface area contributed by atoms with E-state index in [-0.39, 0.29) is 0 Å². The normalized spacial score (nSPS) is 22.4.